The van der Waals surface area contributed by atoms with Gasteiger partial charge in [-0.1, -0.05) is 38.1 Å². The van der Waals surface area contributed by atoms with E-state index in [2.05, 4.69) is 13.8 Å². The number of hydrogen-bond donors (Lipinski definition) is 2. The van der Waals surface area contributed by atoms with Crippen LogP contribution in [0.3, 0.4) is 0 Å². The second-order valence-corrected chi connectivity index (χ2v) is 4.87. The van der Waals surface area contributed by atoms with Crippen LogP contribution in [0.15, 0.2) is 24.3 Å². The lowest BCUT2D eigenvalue weighted by atomic mass is 9.96. The number of aryl methyl sites for hydroxylation is 1. The first-order valence-electron chi connectivity index (χ1n) is 6.05. The van der Waals surface area contributed by atoms with Crippen molar-refractivity contribution in [3.8, 4) is 0 Å². The van der Waals surface area contributed by atoms with Crippen molar-refractivity contribution in [2.24, 2.45) is 11.7 Å². The van der Waals surface area contributed by atoms with Gasteiger partial charge in [0.25, 0.3) is 0 Å². The number of carboxylic acid groups (broad SMARTS) is 1. The average Bonchev–Trinajstić information content (AvgIpc) is 2.26. The average molecular weight is 235 g/mol. The highest BCUT2D eigenvalue weighted by Crippen LogP contribution is 2.19. The van der Waals surface area contributed by atoms with Gasteiger partial charge in [0.1, 0.15) is 0 Å². The molecule has 0 aromatic heterocycles. The largest absolute Gasteiger partial charge is 0.481 e. The molecule has 0 saturated heterocycles. The van der Waals surface area contributed by atoms with E-state index >= 15 is 0 Å². The highest BCUT2D eigenvalue weighted by molar-refractivity contribution is 5.67. The number of nitrogens with two attached hydrogens (primary N) is 1. The van der Waals surface area contributed by atoms with Crippen molar-refractivity contribution in [2.75, 3.05) is 0 Å². The van der Waals surface area contributed by atoms with Gasteiger partial charge in [0.2, 0.25) is 0 Å². The van der Waals surface area contributed by atoms with Crippen LogP contribution >= 0.6 is 0 Å². The molecule has 3 nitrogen and oxygen atoms in total. The van der Waals surface area contributed by atoms with Gasteiger partial charge in [0, 0.05) is 12.5 Å². The predicted molar refractivity (Wildman–Crippen MR) is 68.8 cm³/mol. The van der Waals surface area contributed by atoms with Crippen molar-refractivity contribution in [3.63, 3.8) is 0 Å². The maximum absolute atomic E-state index is 10.4. The smallest absolute Gasteiger partial charge is 0.303 e. The number of benzene rings is 1. The Morgan fingerprint density at radius 1 is 1.29 bits per heavy atom. The zero-order valence-electron chi connectivity index (χ0n) is 10.5. The maximum Gasteiger partial charge on any atom is 0.303 e. The maximum atomic E-state index is 10.4. The lowest BCUT2D eigenvalue weighted by Crippen LogP contribution is -2.12. The number of rotatable bonds is 6. The molecule has 0 heterocycles. The summed E-state index contributed by atoms with van der Waals surface area (Å²) in [5.74, 6) is -0.178. The summed E-state index contributed by atoms with van der Waals surface area (Å²) in [6.45, 7) is 4.31. The van der Waals surface area contributed by atoms with Crippen LogP contribution in [-0.2, 0) is 11.2 Å². The van der Waals surface area contributed by atoms with Gasteiger partial charge in [0.15, 0.2) is 0 Å². The van der Waals surface area contributed by atoms with Crippen molar-refractivity contribution in [2.45, 2.75) is 39.2 Å². The van der Waals surface area contributed by atoms with Crippen molar-refractivity contribution in [1.82, 2.24) is 0 Å². The summed E-state index contributed by atoms with van der Waals surface area (Å²) in [6, 6.07) is 8.02. The summed E-state index contributed by atoms with van der Waals surface area (Å²) >= 11 is 0. The fourth-order valence-corrected chi connectivity index (χ4v) is 1.83. The third-order valence-corrected chi connectivity index (χ3v) is 2.76. The van der Waals surface area contributed by atoms with Crippen LogP contribution in [0.4, 0.5) is 0 Å². The van der Waals surface area contributed by atoms with Crippen molar-refractivity contribution in [1.29, 1.82) is 0 Å². The topological polar surface area (TPSA) is 63.3 Å². The SMILES string of the molecule is CC(C)CC(N)c1ccc(CCC(=O)O)cc1. The van der Waals surface area contributed by atoms with Gasteiger partial charge in [-0.25, -0.2) is 0 Å². The summed E-state index contributed by atoms with van der Waals surface area (Å²) in [5.41, 5.74) is 8.25. The van der Waals surface area contributed by atoms with Gasteiger partial charge in [-0.2, -0.15) is 0 Å². The lowest BCUT2D eigenvalue weighted by molar-refractivity contribution is -0.136. The van der Waals surface area contributed by atoms with E-state index in [1.165, 1.54) is 0 Å². The Balaban J connectivity index is 2.58. The van der Waals surface area contributed by atoms with E-state index in [1.807, 2.05) is 24.3 Å². The zero-order chi connectivity index (χ0) is 12.8. The van der Waals surface area contributed by atoms with Crippen LogP contribution in [-0.4, -0.2) is 11.1 Å². The Labute approximate surface area is 103 Å². The van der Waals surface area contributed by atoms with Gasteiger partial charge < -0.3 is 10.8 Å². The Hall–Kier alpha value is -1.35. The minimum absolute atomic E-state index is 0.0727. The van der Waals surface area contributed by atoms with Gasteiger partial charge in [-0.05, 0) is 29.9 Å². The molecule has 0 aliphatic rings. The molecule has 3 N–H and O–H groups in total. The third-order valence-electron chi connectivity index (χ3n) is 2.76. The normalized spacial score (nSPS) is 12.7. The molecular weight excluding hydrogens is 214 g/mol. The second kappa shape index (κ2) is 6.40. The molecule has 1 atom stereocenters. The van der Waals surface area contributed by atoms with Crippen LogP contribution in [0.5, 0.6) is 0 Å². The van der Waals surface area contributed by atoms with E-state index in [0.29, 0.717) is 12.3 Å². The summed E-state index contributed by atoms with van der Waals surface area (Å²) in [6.07, 6.45) is 1.72. The Bertz CT molecular complexity index is 357. The van der Waals surface area contributed by atoms with E-state index < -0.39 is 5.97 Å². The first kappa shape index (κ1) is 13.7. The highest BCUT2D eigenvalue weighted by Gasteiger charge is 2.08. The Morgan fingerprint density at radius 3 is 2.35 bits per heavy atom. The van der Waals surface area contributed by atoms with Crippen LogP contribution in [0.25, 0.3) is 0 Å². The lowest BCUT2D eigenvalue weighted by Gasteiger charge is -2.14. The van der Waals surface area contributed by atoms with E-state index in [1.54, 1.807) is 0 Å². The molecule has 0 saturated carbocycles. The highest BCUT2D eigenvalue weighted by atomic mass is 16.4. The van der Waals surface area contributed by atoms with E-state index in [9.17, 15) is 4.79 Å². The van der Waals surface area contributed by atoms with Crippen LogP contribution in [0, 0.1) is 5.92 Å². The van der Waals surface area contributed by atoms with Gasteiger partial charge >= 0.3 is 5.97 Å². The fraction of sp³-hybridized carbons (Fsp3) is 0.500. The van der Waals surface area contributed by atoms with Crippen molar-refractivity contribution >= 4 is 5.97 Å². The van der Waals surface area contributed by atoms with Crippen molar-refractivity contribution < 1.29 is 9.90 Å². The third kappa shape index (κ3) is 5.00. The van der Waals surface area contributed by atoms with Crippen LogP contribution in [0.1, 0.15) is 43.9 Å². The molecule has 1 unspecified atom stereocenters. The monoisotopic (exact) mass is 235 g/mol. The van der Waals surface area contributed by atoms with Crippen LogP contribution < -0.4 is 5.73 Å². The second-order valence-electron chi connectivity index (χ2n) is 4.87. The molecule has 1 aromatic carbocycles. The molecule has 0 bridgehead atoms. The minimum Gasteiger partial charge on any atom is -0.481 e. The van der Waals surface area contributed by atoms with Crippen LogP contribution in [0.2, 0.25) is 0 Å². The van der Waals surface area contributed by atoms with E-state index in [-0.39, 0.29) is 12.5 Å². The quantitative estimate of drug-likeness (QED) is 0.797. The Morgan fingerprint density at radius 2 is 1.88 bits per heavy atom. The Kier molecular flexibility index (Phi) is 5.16. The fourth-order valence-electron chi connectivity index (χ4n) is 1.83. The number of carboxylic acids is 1. The van der Waals surface area contributed by atoms with E-state index in [4.69, 9.17) is 10.8 Å². The molecule has 1 aromatic rings. The molecule has 0 radical (unpaired) electrons. The molecule has 94 valence electrons. The molecule has 0 aliphatic heterocycles. The summed E-state index contributed by atoms with van der Waals surface area (Å²) in [4.78, 5) is 10.4. The molecule has 1 rings (SSSR count). The molecule has 17 heavy (non-hydrogen) atoms. The summed E-state index contributed by atoms with van der Waals surface area (Å²) < 4.78 is 0. The van der Waals surface area contributed by atoms with Crippen molar-refractivity contribution in [3.05, 3.63) is 35.4 Å². The van der Waals surface area contributed by atoms with Gasteiger partial charge in [0.05, 0.1) is 0 Å². The summed E-state index contributed by atoms with van der Waals surface area (Å²) in [5, 5.41) is 8.60. The number of carbonyl (C=O) groups is 1. The standard InChI is InChI=1S/C14H21NO2/c1-10(2)9-13(15)12-6-3-11(4-7-12)5-8-14(16)17/h3-4,6-7,10,13H,5,8-9,15H2,1-2H3,(H,16,17). The molecule has 0 aliphatic carbocycles. The molecular formula is C14H21NO2. The minimum atomic E-state index is -0.759. The zero-order valence-corrected chi connectivity index (χ0v) is 10.5. The first-order valence-corrected chi connectivity index (χ1v) is 6.05. The van der Waals surface area contributed by atoms with Gasteiger partial charge in [-0.15, -0.1) is 0 Å². The molecule has 3 heteroatoms. The number of hydrogen-bond acceptors (Lipinski definition) is 2. The number of aliphatic carboxylic acids is 1. The van der Waals surface area contributed by atoms with Gasteiger partial charge in [-0.3, -0.25) is 4.79 Å². The predicted octanol–water partition coefficient (Wildman–Crippen LogP) is 2.75. The molecule has 0 amide bonds. The molecule has 0 fully saturated rings. The van der Waals surface area contributed by atoms with E-state index in [0.717, 1.165) is 17.5 Å². The first-order chi connectivity index (χ1) is 7.99. The summed E-state index contributed by atoms with van der Waals surface area (Å²) in [7, 11) is 0. The molecule has 0 spiro atoms.